The van der Waals surface area contributed by atoms with E-state index in [2.05, 4.69) is 17.1 Å². The van der Waals surface area contributed by atoms with Crippen LogP contribution >= 0.6 is 12.2 Å². The number of nitrogens with zero attached hydrogens (tertiary/aromatic N) is 2. The lowest BCUT2D eigenvalue weighted by molar-refractivity contribution is 0.548. The Balaban J connectivity index is 2.42. The number of rotatable bonds is 4. The zero-order valence-electron chi connectivity index (χ0n) is 9.47. The lowest BCUT2D eigenvalue weighted by Gasteiger charge is -2.04. The first-order valence-electron chi connectivity index (χ1n) is 5.47. The number of aromatic amines is 1. The van der Waals surface area contributed by atoms with Crippen LogP contribution in [0.4, 0.5) is 0 Å². The van der Waals surface area contributed by atoms with Gasteiger partial charge in [0.05, 0.1) is 0 Å². The van der Waals surface area contributed by atoms with E-state index in [-0.39, 0.29) is 16.3 Å². The van der Waals surface area contributed by atoms with Crippen LogP contribution in [0.2, 0.25) is 0 Å². The average Bonchev–Trinajstić information content (AvgIpc) is 2.74. The lowest BCUT2D eigenvalue weighted by atomic mass is 10.2. The van der Waals surface area contributed by atoms with Crippen molar-refractivity contribution >= 4 is 12.2 Å². The van der Waals surface area contributed by atoms with Gasteiger partial charge >= 0.3 is 0 Å². The van der Waals surface area contributed by atoms with E-state index in [0.29, 0.717) is 12.1 Å². The van der Waals surface area contributed by atoms with Gasteiger partial charge in [-0.05, 0) is 30.8 Å². The second kappa shape index (κ2) is 5.09. The predicted octanol–water partition coefficient (Wildman–Crippen LogP) is 2.36. The maximum atomic E-state index is 12.1. The monoisotopic (exact) mass is 251 g/mol. The van der Waals surface area contributed by atoms with Gasteiger partial charge in [0.1, 0.15) is 5.56 Å². The molecule has 2 aromatic rings. The highest BCUT2D eigenvalue weighted by Gasteiger charge is 2.10. The summed E-state index contributed by atoms with van der Waals surface area (Å²) in [6.07, 6.45) is 3.77. The Bertz CT molecular complexity index is 611. The molecular weight excluding hydrogens is 238 g/mol. The third-order valence-corrected chi connectivity index (χ3v) is 2.62. The van der Waals surface area contributed by atoms with Crippen LogP contribution in [0.3, 0.4) is 0 Å². The molecule has 0 aliphatic rings. The molecule has 5 nitrogen and oxygen atoms in total. The molecule has 2 heterocycles. The fraction of sp³-hybridized carbons (Fsp3) is 0.364. The van der Waals surface area contributed by atoms with Crippen molar-refractivity contribution in [3.63, 3.8) is 0 Å². The molecular formula is C11H13N3O2S. The van der Waals surface area contributed by atoms with Crippen LogP contribution in [-0.4, -0.2) is 14.8 Å². The lowest BCUT2D eigenvalue weighted by Crippen LogP contribution is -2.20. The Morgan fingerprint density at radius 2 is 2.41 bits per heavy atom. The first-order chi connectivity index (χ1) is 8.22. The number of pyridine rings is 1. The number of hydrogen-bond acceptors (Lipinski definition) is 4. The third kappa shape index (κ3) is 2.52. The molecule has 0 amide bonds. The van der Waals surface area contributed by atoms with Crippen molar-refractivity contribution in [2.45, 2.75) is 26.3 Å². The number of nitrogens with one attached hydrogen (secondary N) is 1. The molecule has 0 saturated carbocycles. The highest BCUT2D eigenvalue weighted by molar-refractivity contribution is 7.71. The normalized spacial score (nSPS) is 10.6. The van der Waals surface area contributed by atoms with Crippen LogP contribution < -0.4 is 5.56 Å². The molecule has 2 rings (SSSR count). The Kier molecular flexibility index (Phi) is 3.53. The summed E-state index contributed by atoms with van der Waals surface area (Å²) in [5.74, 6) is 0.242. The van der Waals surface area contributed by atoms with Crippen LogP contribution in [0.5, 0.6) is 0 Å². The van der Waals surface area contributed by atoms with Crippen molar-refractivity contribution in [3.05, 3.63) is 33.5 Å². The third-order valence-electron chi connectivity index (χ3n) is 2.44. The predicted molar refractivity (Wildman–Crippen MR) is 66.3 cm³/mol. The first-order valence-corrected chi connectivity index (χ1v) is 5.88. The van der Waals surface area contributed by atoms with Gasteiger partial charge in [0.15, 0.2) is 0 Å². The number of aromatic nitrogens is 3. The summed E-state index contributed by atoms with van der Waals surface area (Å²) in [4.78, 5) is 12.3. The van der Waals surface area contributed by atoms with E-state index in [4.69, 9.17) is 16.6 Å². The van der Waals surface area contributed by atoms with E-state index in [1.165, 1.54) is 0 Å². The summed E-state index contributed by atoms with van der Waals surface area (Å²) < 4.78 is 6.80. The zero-order chi connectivity index (χ0) is 12.3. The minimum atomic E-state index is -0.105. The molecule has 6 heteroatoms. The molecule has 0 aromatic carbocycles. The molecule has 0 aliphatic carbocycles. The van der Waals surface area contributed by atoms with Crippen molar-refractivity contribution in [3.8, 4) is 11.5 Å². The largest absolute Gasteiger partial charge is 0.409 e. The number of H-pyrrole nitrogens is 1. The van der Waals surface area contributed by atoms with E-state index < -0.39 is 0 Å². The van der Waals surface area contributed by atoms with Gasteiger partial charge in [0, 0.05) is 12.7 Å². The van der Waals surface area contributed by atoms with E-state index >= 15 is 0 Å². The van der Waals surface area contributed by atoms with E-state index in [1.807, 2.05) is 0 Å². The van der Waals surface area contributed by atoms with Gasteiger partial charge in [-0.2, -0.15) is 0 Å². The summed E-state index contributed by atoms with van der Waals surface area (Å²) in [5, 5.41) is 6.37. The molecule has 1 N–H and O–H groups in total. The summed E-state index contributed by atoms with van der Waals surface area (Å²) >= 11 is 4.79. The fourth-order valence-corrected chi connectivity index (χ4v) is 1.67. The Morgan fingerprint density at radius 3 is 3.06 bits per heavy atom. The van der Waals surface area contributed by atoms with Gasteiger partial charge in [-0.25, -0.2) is 5.10 Å². The van der Waals surface area contributed by atoms with Crippen molar-refractivity contribution in [1.82, 2.24) is 14.8 Å². The van der Waals surface area contributed by atoms with Crippen molar-refractivity contribution in [2.75, 3.05) is 0 Å². The van der Waals surface area contributed by atoms with Crippen LogP contribution in [0.1, 0.15) is 19.8 Å². The second-order valence-corrected chi connectivity index (χ2v) is 4.06. The van der Waals surface area contributed by atoms with Crippen LogP contribution in [0, 0.1) is 4.84 Å². The maximum absolute atomic E-state index is 12.1. The van der Waals surface area contributed by atoms with E-state index in [0.717, 1.165) is 12.8 Å². The molecule has 0 saturated heterocycles. The molecule has 17 heavy (non-hydrogen) atoms. The van der Waals surface area contributed by atoms with Gasteiger partial charge in [-0.3, -0.25) is 4.79 Å². The molecule has 0 atom stereocenters. The molecule has 2 aromatic heterocycles. The Morgan fingerprint density at radius 1 is 1.59 bits per heavy atom. The quantitative estimate of drug-likeness (QED) is 0.847. The zero-order valence-corrected chi connectivity index (χ0v) is 10.3. The Hall–Kier alpha value is -1.69. The summed E-state index contributed by atoms with van der Waals surface area (Å²) in [5.41, 5.74) is 0.321. The molecule has 0 aliphatic heterocycles. The minimum absolute atomic E-state index is 0.105. The van der Waals surface area contributed by atoms with Crippen LogP contribution in [-0.2, 0) is 6.54 Å². The SMILES string of the molecule is CCCCn1cccc(-c2n[nH]c(=S)o2)c1=O. The smallest absolute Gasteiger partial charge is 0.284 e. The van der Waals surface area contributed by atoms with E-state index in [9.17, 15) is 4.79 Å². The number of unbranched alkanes of at least 4 members (excludes halogenated alkanes) is 1. The van der Waals surface area contributed by atoms with Crippen molar-refractivity contribution < 1.29 is 4.42 Å². The molecule has 0 bridgehead atoms. The first kappa shape index (κ1) is 11.8. The van der Waals surface area contributed by atoms with Crippen molar-refractivity contribution in [2.24, 2.45) is 0 Å². The van der Waals surface area contributed by atoms with Gasteiger partial charge in [-0.1, -0.05) is 13.3 Å². The van der Waals surface area contributed by atoms with Gasteiger partial charge in [-0.15, -0.1) is 5.10 Å². The standard InChI is InChI=1S/C11H13N3O2S/c1-2-3-6-14-7-4-5-8(10(14)15)9-12-13-11(17)16-9/h4-5,7H,2-3,6H2,1H3,(H,13,17). The van der Waals surface area contributed by atoms with Gasteiger partial charge in [0.2, 0.25) is 0 Å². The van der Waals surface area contributed by atoms with Crippen LogP contribution in [0.25, 0.3) is 11.5 Å². The maximum Gasteiger partial charge on any atom is 0.284 e. The highest BCUT2D eigenvalue weighted by atomic mass is 32.1. The second-order valence-electron chi connectivity index (χ2n) is 3.69. The summed E-state index contributed by atoms with van der Waals surface area (Å²) in [6, 6.07) is 3.48. The number of hydrogen-bond donors (Lipinski definition) is 1. The van der Waals surface area contributed by atoms with Crippen molar-refractivity contribution in [1.29, 1.82) is 0 Å². The fourth-order valence-electron chi connectivity index (χ4n) is 1.55. The molecule has 0 spiro atoms. The molecule has 0 fully saturated rings. The molecule has 0 unspecified atom stereocenters. The van der Waals surface area contributed by atoms with Gasteiger partial charge < -0.3 is 8.98 Å². The summed E-state index contributed by atoms with van der Waals surface area (Å²) in [6.45, 7) is 2.79. The van der Waals surface area contributed by atoms with Gasteiger partial charge in [0.25, 0.3) is 16.3 Å². The highest BCUT2D eigenvalue weighted by Crippen LogP contribution is 2.11. The average molecular weight is 251 g/mol. The number of aryl methyl sites for hydroxylation is 1. The minimum Gasteiger partial charge on any atom is -0.409 e. The van der Waals surface area contributed by atoms with Crippen LogP contribution in [0.15, 0.2) is 27.5 Å². The summed E-state index contributed by atoms with van der Waals surface area (Å²) in [7, 11) is 0. The molecule has 90 valence electrons. The topological polar surface area (TPSA) is 63.8 Å². The molecule has 0 radical (unpaired) electrons. The Labute approximate surface area is 103 Å². The van der Waals surface area contributed by atoms with E-state index in [1.54, 1.807) is 22.9 Å².